The SMILES string of the molecule is COC(C)CCC(=O)Nc1ccc(/C(N)=N/O)cc1Cl. The Balaban J connectivity index is 2.67. The highest BCUT2D eigenvalue weighted by atomic mass is 35.5. The summed E-state index contributed by atoms with van der Waals surface area (Å²) < 4.78 is 5.07. The van der Waals surface area contributed by atoms with Crippen molar-refractivity contribution >= 4 is 29.0 Å². The molecule has 1 unspecified atom stereocenters. The predicted molar refractivity (Wildman–Crippen MR) is 78.3 cm³/mol. The van der Waals surface area contributed by atoms with Gasteiger partial charge in [0.25, 0.3) is 0 Å². The van der Waals surface area contributed by atoms with Crippen LogP contribution >= 0.6 is 11.6 Å². The molecule has 0 aliphatic rings. The summed E-state index contributed by atoms with van der Waals surface area (Å²) in [4.78, 5) is 11.7. The number of amides is 1. The van der Waals surface area contributed by atoms with Crippen molar-refractivity contribution < 1.29 is 14.7 Å². The molecule has 20 heavy (non-hydrogen) atoms. The van der Waals surface area contributed by atoms with Crippen molar-refractivity contribution in [2.45, 2.75) is 25.9 Å². The normalized spacial score (nSPS) is 13.1. The van der Waals surface area contributed by atoms with Crippen LogP contribution in [0.5, 0.6) is 0 Å². The van der Waals surface area contributed by atoms with Gasteiger partial charge in [0, 0.05) is 19.1 Å². The van der Waals surface area contributed by atoms with E-state index in [0.717, 1.165) is 0 Å². The van der Waals surface area contributed by atoms with Crippen molar-refractivity contribution in [3.63, 3.8) is 0 Å². The van der Waals surface area contributed by atoms with Crippen LogP contribution in [0.25, 0.3) is 0 Å². The van der Waals surface area contributed by atoms with Gasteiger partial charge in [-0.25, -0.2) is 0 Å². The van der Waals surface area contributed by atoms with Gasteiger partial charge in [-0.3, -0.25) is 4.79 Å². The second kappa shape index (κ2) is 7.72. The van der Waals surface area contributed by atoms with E-state index in [1.807, 2.05) is 6.92 Å². The number of nitrogens with one attached hydrogen (secondary N) is 1. The average molecular weight is 300 g/mol. The number of carbonyl (C=O) groups excluding carboxylic acids is 1. The van der Waals surface area contributed by atoms with Gasteiger partial charge in [0.05, 0.1) is 16.8 Å². The topological polar surface area (TPSA) is 96.9 Å². The lowest BCUT2D eigenvalue weighted by atomic mass is 10.1. The Bertz CT molecular complexity index is 506. The number of nitrogens with zero attached hydrogens (tertiary/aromatic N) is 1. The number of hydrogen-bond donors (Lipinski definition) is 3. The molecule has 0 saturated heterocycles. The molecule has 1 atom stereocenters. The lowest BCUT2D eigenvalue weighted by molar-refractivity contribution is -0.116. The number of anilines is 1. The molecule has 4 N–H and O–H groups in total. The first kappa shape index (κ1) is 16.3. The summed E-state index contributed by atoms with van der Waals surface area (Å²) in [7, 11) is 1.60. The largest absolute Gasteiger partial charge is 0.409 e. The molecule has 0 spiro atoms. The molecule has 0 fully saturated rings. The van der Waals surface area contributed by atoms with E-state index in [9.17, 15) is 4.79 Å². The van der Waals surface area contributed by atoms with Gasteiger partial charge in [0.1, 0.15) is 0 Å². The Labute approximate surface area is 122 Å². The molecule has 6 nitrogen and oxygen atoms in total. The molecule has 1 aromatic rings. The Morgan fingerprint density at radius 3 is 2.85 bits per heavy atom. The summed E-state index contributed by atoms with van der Waals surface area (Å²) in [5, 5.41) is 14.5. The molecule has 0 bridgehead atoms. The number of rotatable bonds is 6. The zero-order valence-corrected chi connectivity index (χ0v) is 12.1. The van der Waals surface area contributed by atoms with Crippen molar-refractivity contribution in [1.82, 2.24) is 0 Å². The molecule has 1 amide bonds. The molecule has 110 valence electrons. The van der Waals surface area contributed by atoms with E-state index in [-0.39, 0.29) is 17.8 Å². The van der Waals surface area contributed by atoms with Crippen molar-refractivity contribution in [1.29, 1.82) is 0 Å². The maximum absolute atomic E-state index is 11.7. The fourth-order valence-electron chi connectivity index (χ4n) is 1.50. The molecule has 0 saturated carbocycles. The van der Waals surface area contributed by atoms with Gasteiger partial charge < -0.3 is 21.0 Å². The molecule has 0 aromatic heterocycles. The van der Waals surface area contributed by atoms with Crippen molar-refractivity contribution in [3.05, 3.63) is 28.8 Å². The number of amidine groups is 1. The van der Waals surface area contributed by atoms with Crippen molar-refractivity contribution in [3.8, 4) is 0 Å². The average Bonchev–Trinajstić information content (AvgIpc) is 2.45. The maximum Gasteiger partial charge on any atom is 0.224 e. The highest BCUT2D eigenvalue weighted by Gasteiger charge is 2.10. The molecule has 0 heterocycles. The summed E-state index contributed by atoms with van der Waals surface area (Å²) in [5.74, 6) is -0.189. The van der Waals surface area contributed by atoms with Crippen LogP contribution in [-0.2, 0) is 9.53 Å². The van der Waals surface area contributed by atoms with E-state index in [1.54, 1.807) is 19.2 Å². The Morgan fingerprint density at radius 2 is 2.30 bits per heavy atom. The minimum Gasteiger partial charge on any atom is -0.409 e. The molecule has 7 heteroatoms. The fourth-order valence-corrected chi connectivity index (χ4v) is 1.73. The minimum absolute atomic E-state index is 0.0270. The predicted octanol–water partition coefficient (Wildman–Crippen LogP) is 2.19. The van der Waals surface area contributed by atoms with E-state index >= 15 is 0 Å². The molecular formula is C13H18ClN3O3. The van der Waals surface area contributed by atoms with Crippen molar-refractivity contribution in [2.24, 2.45) is 10.9 Å². The third-order valence-corrected chi connectivity index (χ3v) is 3.14. The van der Waals surface area contributed by atoms with Crippen LogP contribution in [0.1, 0.15) is 25.3 Å². The molecule has 1 aromatic carbocycles. The second-order valence-corrected chi connectivity index (χ2v) is 4.72. The highest BCUT2D eigenvalue weighted by Crippen LogP contribution is 2.23. The van der Waals surface area contributed by atoms with Crippen LogP contribution in [0, 0.1) is 0 Å². The van der Waals surface area contributed by atoms with Crippen LogP contribution in [0.4, 0.5) is 5.69 Å². The Kier molecular flexibility index (Phi) is 6.27. The molecule has 1 rings (SSSR count). The second-order valence-electron chi connectivity index (χ2n) is 4.31. The summed E-state index contributed by atoms with van der Waals surface area (Å²) in [6.07, 6.45) is 0.995. The van der Waals surface area contributed by atoms with E-state index in [4.69, 9.17) is 27.3 Å². The first-order valence-corrected chi connectivity index (χ1v) is 6.45. The smallest absolute Gasteiger partial charge is 0.224 e. The Morgan fingerprint density at radius 1 is 1.60 bits per heavy atom. The van der Waals surface area contributed by atoms with Gasteiger partial charge in [0.2, 0.25) is 5.91 Å². The first-order chi connectivity index (χ1) is 9.47. The maximum atomic E-state index is 11.7. The zero-order chi connectivity index (χ0) is 15.1. The number of halogens is 1. The molecule has 0 aliphatic carbocycles. The van der Waals surface area contributed by atoms with Gasteiger partial charge in [-0.2, -0.15) is 0 Å². The van der Waals surface area contributed by atoms with Crippen LogP contribution in [0.15, 0.2) is 23.4 Å². The van der Waals surface area contributed by atoms with E-state index in [2.05, 4.69) is 10.5 Å². The number of carbonyl (C=O) groups is 1. The number of benzene rings is 1. The molecular weight excluding hydrogens is 282 g/mol. The third-order valence-electron chi connectivity index (χ3n) is 2.83. The van der Waals surface area contributed by atoms with Crippen molar-refractivity contribution in [2.75, 3.05) is 12.4 Å². The molecule has 0 aliphatic heterocycles. The fraction of sp³-hybridized carbons (Fsp3) is 0.385. The molecule has 0 radical (unpaired) electrons. The Hall–Kier alpha value is -1.79. The highest BCUT2D eigenvalue weighted by molar-refractivity contribution is 6.34. The number of ether oxygens (including phenoxy) is 1. The quantitative estimate of drug-likeness (QED) is 0.324. The van der Waals surface area contributed by atoms with Crippen LogP contribution in [-0.4, -0.2) is 30.2 Å². The van der Waals surface area contributed by atoms with Crippen LogP contribution in [0.3, 0.4) is 0 Å². The third kappa shape index (κ3) is 4.71. The number of methoxy groups -OCH3 is 1. The van der Waals surface area contributed by atoms with E-state index < -0.39 is 0 Å². The standard InChI is InChI=1S/C13H18ClN3O3/c1-8(20-2)3-6-12(18)16-11-5-4-9(7-10(11)14)13(15)17-19/h4-5,7-8,19H,3,6H2,1-2H3,(H2,15,17)(H,16,18). The summed E-state index contributed by atoms with van der Waals surface area (Å²) in [5.41, 5.74) is 6.41. The van der Waals surface area contributed by atoms with E-state index in [1.165, 1.54) is 6.07 Å². The summed E-state index contributed by atoms with van der Waals surface area (Å²) >= 11 is 6.03. The number of nitrogens with two attached hydrogens (primary N) is 1. The number of hydrogen-bond acceptors (Lipinski definition) is 4. The van der Waals surface area contributed by atoms with Crippen LogP contribution in [0.2, 0.25) is 5.02 Å². The minimum atomic E-state index is -0.146. The van der Waals surface area contributed by atoms with Gasteiger partial charge in [0.15, 0.2) is 5.84 Å². The zero-order valence-electron chi connectivity index (χ0n) is 11.4. The lowest BCUT2D eigenvalue weighted by Crippen LogP contribution is -2.16. The van der Waals surface area contributed by atoms with Gasteiger partial charge in [-0.1, -0.05) is 16.8 Å². The van der Waals surface area contributed by atoms with Crippen LogP contribution < -0.4 is 11.1 Å². The number of oxime groups is 1. The monoisotopic (exact) mass is 299 g/mol. The lowest BCUT2D eigenvalue weighted by Gasteiger charge is -2.11. The van der Waals surface area contributed by atoms with Gasteiger partial charge in [-0.15, -0.1) is 0 Å². The summed E-state index contributed by atoms with van der Waals surface area (Å²) in [6, 6.07) is 4.73. The summed E-state index contributed by atoms with van der Waals surface area (Å²) in [6.45, 7) is 1.89. The van der Waals surface area contributed by atoms with E-state index in [0.29, 0.717) is 29.1 Å². The van der Waals surface area contributed by atoms with Gasteiger partial charge in [-0.05, 0) is 31.5 Å². The first-order valence-electron chi connectivity index (χ1n) is 6.08. The van der Waals surface area contributed by atoms with Gasteiger partial charge >= 0.3 is 0 Å².